The summed E-state index contributed by atoms with van der Waals surface area (Å²) in [4.78, 5) is 38.3. The van der Waals surface area contributed by atoms with Gasteiger partial charge in [-0.3, -0.25) is 4.79 Å². The minimum Gasteiger partial charge on any atom is -0.480 e. The van der Waals surface area contributed by atoms with Gasteiger partial charge in [0, 0.05) is 5.69 Å². The molecule has 184 valence electrons. The summed E-state index contributed by atoms with van der Waals surface area (Å²) in [5.74, 6) is -1.63. The SMILES string of the molecule is Cc1cc(C)c(NC(=O)Nc2cc3ccccc3cc2C(=O)N[C@@](C)(CC(C)C)C(=O)O)c(C)c1. The summed E-state index contributed by atoms with van der Waals surface area (Å²) < 4.78 is 0. The fourth-order valence-corrected chi connectivity index (χ4v) is 4.50. The molecule has 0 heterocycles. The minimum atomic E-state index is -1.45. The second-order valence-electron chi connectivity index (χ2n) is 9.79. The summed E-state index contributed by atoms with van der Waals surface area (Å²) in [6, 6.07) is 14.3. The first-order valence-electron chi connectivity index (χ1n) is 11.6. The third kappa shape index (κ3) is 5.98. The molecule has 0 saturated heterocycles. The quantitative estimate of drug-likeness (QED) is 0.335. The Balaban J connectivity index is 1.97. The van der Waals surface area contributed by atoms with E-state index in [1.54, 1.807) is 12.1 Å². The maximum atomic E-state index is 13.4. The summed E-state index contributed by atoms with van der Waals surface area (Å²) in [7, 11) is 0. The highest BCUT2D eigenvalue weighted by molar-refractivity contribution is 6.10. The van der Waals surface area contributed by atoms with Crippen LogP contribution in [0, 0.1) is 26.7 Å². The van der Waals surface area contributed by atoms with Crippen molar-refractivity contribution in [3.8, 4) is 0 Å². The first-order valence-corrected chi connectivity index (χ1v) is 11.6. The summed E-state index contributed by atoms with van der Waals surface area (Å²) in [5, 5.41) is 19.8. The molecule has 35 heavy (non-hydrogen) atoms. The van der Waals surface area contributed by atoms with E-state index in [0.717, 1.165) is 27.5 Å². The number of hydrogen-bond acceptors (Lipinski definition) is 3. The van der Waals surface area contributed by atoms with E-state index < -0.39 is 23.4 Å². The van der Waals surface area contributed by atoms with Gasteiger partial charge in [-0.05, 0) is 74.1 Å². The molecule has 7 nitrogen and oxygen atoms in total. The molecule has 0 bridgehead atoms. The molecule has 0 aliphatic heterocycles. The van der Waals surface area contributed by atoms with Crippen LogP contribution in [0.15, 0.2) is 48.5 Å². The molecule has 0 saturated carbocycles. The van der Waals surface area contributed by atoms with Gasteiger partial charge in [-0.15, -0.1) is 0 Å². The summed E-state index contributed by atoms with van der Waals surface area (Å²) in [6.45, 7) is 11.1. The van der Waals surface area contributed by atoms with E-state index in [9.17, 15) is 19.5 Å². The standard InChI is InChI=1S/C28H33N3O4/c1-16(2)15-28(6,26(33)34)31-25(32)22-13-20-9-7-8-10-21(20)14-23(22)29-27(35)30-24-18(4)11-17(3)12-19(24)5/h7-14,16H,15H2,1-6H3,(H,31,32)(H,33,34)(H2,29,30,35)/t28-/m0/s1. The minimum absolute atomic E-state index is 0.0531. The molecule has 0 unspecified atom stereocenters. The molecule has 7 heteroatoms. The molecule has 3 rings (SSSR count). The van der Waals surface area contributed by atoms with E-state index in [-0.39, 0.29) is 17.9 Å². The number of aryl methyl sites for hydroxylation is 3. The molecule has 0 aliphatic rings. The highest BCUT2D eigenvalue weighted by atomic mass is 16.4. The second kappa shape index (κ2) is 10.2. The van der Waals surface area contributed by atoms with E-state index >= 15 is 0 Å². The molecule has 0 aliphatic carbocycles. The van der Waals surface area contributed by atoms with Crippen LogP contribution in [0.1, 0.15) is 54.2 Å². The lowest BCUT2D eigenvalue weighted by atomic mass is 9.90. The zero-order valence-corrected chi connectivity index (χ0v) is 21.1. The Morgan fingerprint density at radius 2 is 1.49 bits per heavy atom. The molecule has 3 aromatic carbocycles. The van der Waals surface area contributed by atoms with Gasteiger partial charge in [0.05, 0.1) is 11.3 Å². The molecular weight excluding hydrogens is 442 g/mol. The highest BCUT2D eigenvalue weighted by Gasteiger charge is 2.36. The van der Waals surface area contributed by atoms with Crippen molar-refractivity contribution < 1.29 is 19.5 Å². The number of carboxylic acids is 1. The Labute approximate surface area is 205 Å². The second-order valence-corrected chi connectivity index (χ2v) is 9.79. The largest absolute Gasteiger partial charge is 0.480 e. The topological polar surface area (TPSA) is 108 Å². The number of anilines is 2. The molecule has 0 radical (unpaired) electrons. The molecule has 0 aromatic heterocycles. The summed E-state index contributed by atoms with van der Waals surface area (Å²) >= 11 is 0. The van der Waals surface area contributed by atoms with Gasteiger partial charge in [0.1, 0.15) is 5.54 Å². The van der Waals surface area contributed by atoms with Crippen LogP contribution in [0.4, 0.5) is 16.2 Å². The predicted molar refractivity (Wildman–Crippen MR) is 140 cm³/mol. The van der Waals surface area contributed by atoms with Crippen LogP contribution in [0.2, 0.25) is 0 Å². The van der Waals surface area contributed by atoms with Gasteiger partial charge in [0.25, 0.3) is 5.91 Å². The van der Waals surface area contributed by atoms with Gasteiger partial charge in [-0.25, -0.2) is 9.59 Å². The molecule has 3 amide bonds. The Morgan fingerprint density at radius 1 is 0.914 bits per heavy atom. The van der Waals surface area contributed by atoms with Crippen LogP contribution in [0.3, 0.4) is 0 Å². The number of amides is 3. The maximum Gasteiger partial charge on any atom is 0.329 e. The van der Waals surface area contributed by atoms with Gasteiger partial charge in [-0.2, -0.15) is 0 Å². The predicted octanol–water partition coefficient (Wildman–Crippen LogP) is 6.03. The monoisotopic (exact) mass is 475 g/mol. The van der Waals surface area contributed by atoms with Crippen molar-refractivity contribution in [3.63, 3.8) is 0 Å². The Morgan fingerprint density at radius 3 is 2.03 bits per heavy atom. The van der Waals surface area contributed by atoms with Gasteiger partial charge < -0.3 is 21.1 Å². The van der Waals surface area contributed by atoms with Crippen molar-refractivity contribution in [3.05, 3.63) is 70.8 Å². The van der Waals surface area contributed by atoms with Gasteiger partial charge in [0.15, 0.2) is 0 Å². The van der Waals surface area contributed by atoms with E-state index in [1.165, 1.54) is 6.92 Å². The molecule has 4 N–H and O–H groups in total. The van der Waals surface area contributed by atoms with Crippen LogP contribution >= 0.6 is 0 Å². The van der Waals surface area contributed by atoms with Crippen LogP contribution < -0.4 is 16.0 Å². The maximum absolute atomic E-state index is 13.4. The first-order chi connectivity index (χ1) is 16.4. The number of aliphatic carboxylic acids is 1. The number of carbonyl (C=O) groups is 3. The number of nitrogens with one attached hydrogen (secondary N) is 3. The molecule has 3 aromatic rings. The van der Waals surface area contributed by atoms with Gasteiger partial charge >= 0.3 is 12.0 Å². The number of carboxylic acid groups (broad SMARTS) is 1. The normalized spacial score (nSPS) is 12.8. The number of hydrogen-bond donors (Lipinski definition) is 4. The van der Waals surface area contributed by atoms with E-state index in [1.807, 2.05) is 71.0 Å². The number of rotatable bonds is 7. The van der Waals surface area contributed by atoms with Crippen molar-refractivity contribution >= 4 is 40.1 Å². The number of urea groups is 1. The smallest absolute Gasteiger partial charge is 0.329 e. The van der Waals surface area contributed by atoms with E-state index in [4.69, 9.17) is 0 Å². The van der Waals surface area contributed by atoms with Crippen LogP contribution in [-0.2, 0) is 4.79 Å². The van der Waals surface area contributed by atoms with Gasteiger partial charge in [0.2, 0.25) is 0 Å². The van der Waals surface area contributed by atoms with Crippen molar-refractivity contribution in [2.24, 2.45) is 5.92 Å². The van der Waals surface area contributed by atoms with E-state index in [0.29, 0.717) is 11.4 Å². The van der Waals surface area contributed by atoms with Crippen molar-refractivity contribution in [2.75, 3.05) is 10.6 Å². The average molecular weight is 476 g/mol. The van der Waals surface area contributed by atoms with Crippen molar-refractivity contribution in [1.82, 2.24) is 5.32 Å². The third-order valence-corrected chi connectivity index (χ3v) is 5.97. The summed E-state index contributed by atoms with van der Waals surface area (Å²) in [6.07, 6.45) is 0.261. The van der Waals surface area contributed by atoms with Crippen LogP contribution in [0.5, 0.6) is 0 Å². The number of carbonyl (C=O) groups excluding carboxylic acids is 2. The molecule has 0 spiro atoms. The summed E-state index contributed by atoms with van der Waals surface area (Å²) in [5.41, 5.74) is 2.69. The first kappa shape index (κ1) is 25.7. The van der Waals surface area contributed by atoms with Crippen LogP contribution in [0.25, 0.3) is 10.8 Å². The highest BCUT2D eigenvalue weighted by Crippen LogP contribution is 2.27. The van der Waals surface area contributed by atoms with Gasteiger partial charge in [-0.1, -0.05) is 55.8 Å². The zero-order chi connectivity index (χ0) is 25.9. The fraction of sp³-hybridized carbons (Fsp3) is 0.321. The third-order valence-electron chi connectivity index (χ3n) is 5.97. The number of fused-ring (bicyclic) bond motifs is 1. The lowest BCUT2D eigenvalue weighted by molar-refractivity contribution is -0.144. The number of benzene rings is 3. The fourth-order valence-electron chi connectivity index (χ4n) is 4.50. The molecule has 0 fully saturated rings. The zero-order valence-electron chi connectivity index (χ0n) is 21.1. The van der Waals surface area contributed by atoms with Crippen molar-refractivity contribution in [1.29, 1.82) is 0 Å². The lowest BCUT2D eigenvalue weighted by Gasteiger charge is -2.28. The Bertz CT molecular complexity index is 1280. The lowest BCUT2D eigenvalue weighted by Crippen LogP contribution is -2.53. The van der Waals surface area contributed by atoms with Crippen LogP contribution in [-0.4, -0.2) is 28.6 Å². The Kier molecular flexibility index (Phi) is 7.48. The average Bonchev–Trinajstić information content (AvgIpc) is 2.75. The van der Waals surface area contributed by atoms with E-state index in [2.05, 4.69) is 16.0 Å². The molecule has 1 atom stereocenters. The van der Waals surface area contributed by atoms with Crippen molar-refractivity contribution in [2.45, 2.75) is 53.5 Å². The Hall–Kier alpha value is -3.87. The molecular formula is C28H33N3O4.